The monoisotopic (exact) mass is 358 g/mol. The quantitative estimate of drug-likeness (QED) is 0.800. The molecule has 24 heavy (non-hydrogen) atoms. The number of rotatable bonds is 4. The molecule has 1 aromatic heterocycles. The van der Waals surface area contributed by atoms with Crippen molar-refractivity contribution in [1.82, 2.24) is 14.3 Å². The number of hydrogen-bond donors (Lipinski definition) is 0. The molecule has 3 heterocycles. The van der Waals surface area contributed by atoms with Crippen LogP contribution in [0.25, 0.3) is 0 Å². The third kappa shape index (κ3) is 3.25. The molecule has 134 valence electrons. The van der Waals surface area contributed by atoms with Crippen LogP contribution >= 0.6 is 0 Å². The summed E-state index contributed by atoms with van der Waals surface area (Å²) in [7, 11) is -1.72. The van der Waals surface area contributed by atoms with Crippen LogP contribution in [-0.2, 0) is 14.8 Å². The van der Waals surface area contributed by atoms with Crippen LogP contribution in [0.4, 0.5) is 10.3 Å². The third-order valence-corrected chi connectivity index (χ3v) is 6.44. The molecule has 1 spiro atoms. The van der Waals surface area contributed by atoms with Crippen molar-refractivity contribution in [2.24, 2.45) is 0 Å². The van der Waals surface area contributed by atoms with Gasteiger partial charge in [0.2, 0.25) is 16.0 Å². The van der Waals surface area contributed by atoms with Crippen molar-refractivity contribution < 1.29 is 17.5 Å². The lowest BCUT2D eigenvalue weighted by Crippen LogP contribution is -2.56. The van der Waals surface area contributed by atoms with Crippen LogP contribution in [0, 0.1) is 5.82 Å². The van der Waals surface area contributed by atoms with Crippen LogP contribution in [0.2, 0.25) is 0 Å². The Morgan fingerprint density at radius 1 is 1.29 bits per heavy atom. The number of sulfonamides is 1. The minimum absolute atomic E-state index is 0.0985. The van der Waals surface area contributed by atoms with E-state index in [1.54, 1.807) is 11.4 Å². The van der Waals surface area contributed by atoms with Crippen LogP contribution < -0.4 is 4.90 Å². The Bertz CT molecular complexity index is 674. The molecule has 0 bridgehead atoms. The highest BCUT2D eigenvalue weighted by molar-refractivity contribution is 7.88. The first kappa shape index (κ1) is 17.5. The van der Waals surface area contributed by atoms with E-state index < -0.39 is 15.8 Å². The molecule has 0 aliphatic carbocycles. The van der Waals surface area contributed by atoms with E-state index >= 15 is 0 Å². The fraction of sp³-hybridized carbons (Fsp3) is 0.733. The van der Waals surface area contributed by atoms with Crippen molar-refractivity contribution in [3.05, 3.63) is 18.2 Å². The summed E-state index contributed by atoms with van der Waals surface area (Å²) in [6.07, 6.45) is 6.65. The molecule has 0 amide bonds. The number of hydrogen-bond acceptors (Lipinski definition) is 6. The molecule has 2 aliphatic heterocycles. The highest BCUT2D eigenvalue weighted by Crippen LogP contribution is 2.43. The number of methoxy groups -OCH3 is 1. The Labute approximate surface area is 141 Å². The van der Waals surface area contributed by atoms with E-state index in [2.05, 4.69) is 9.97 Å². The second-order valence-electron chi connectivity index (χ2n) is 6.62. The lowest BCUT2D eigenvalue weighted by molar-refractivity contribution is 0.104. The average molecular weight is 358 g/mol. The SMILES string of the molecule is COC[C@@H]1CCC2(CCN(c3ncc(F)cn3)CC2)N1S(C)(=O)=O. The molecule has 3 rings (SSSR count). The number of ether oxygens (including phenoxy) is 1. The smallest absolute Gasteiger partial charge is 0.225 e. The van der Waals surface area contributed by atoms with Crippen LogP contribution in [0.15, 0.2) is 12.4 Å². The van der Waals surface area contributed by atoms with Gasteiger partial charge in [-0.25, -0.2) is 22.8 Å². The molecule has 1 atom stereocenters. The Hall–Kier alpha value is -1.32. The molecule has 7 nitrogen and oxygen atoms in total. The number of anilines is 1. The first-order chi connectivity index (χ1) is 11.4. The molecular weight excluding hydrogens is 335 g/mol. The summed E-state index contributed by atoms with van der Waals surface area (Å²) in [6, 6.07) is -0.0985. The van der Waals surface area contributed by atoms with E-state index in [-0.39, 0.29) is 11.6 Å². The van der Waals surface area contributed by atoms with Crippen molar-refractivity contribution >= 4 is 16.0 Å². The lowest BCUT2D eigenvalue weighted by Gasteiger charge is -2.45. The van der Waals surface area contributed by atoms with Gasteiger partial charge in [0.05, 0.1) is 25.3 Å². The molecule has 0 radical (unpaired) electrons. The van der Waals surface area contributed by atoms with E-state index in [0.717, 1.165) is 25.2 Å². The standard InChI is InChI=1S/C15H23FN4O3S/c1-23-11-13-3-4-15(20(13)24(2,21)22)5-7-19(8-6-15)14-17-9-12(16)10-18-14/h9-10,13H,3-8,11H2,1-2H3/t13-/m0/s1. The minimum atomic E-state index is -3.32. The summed E-state index contributed by atoms with van der Waals surface area (Å²) in [5.74, 6) is 0.0253. The van der Waals surface area contributed by atoms with Gasteiger partial charge in [-0.3, -0.25) is 0 Å². The van der Waals surface area contributed by atoms with Crippen molar-refractivity contribution in [2.75, 3.05) is 38.0 Å². The molecule has 2 saturated heterocycles. The van der Waals surface area contributed by atoms with Crippen LogP contribution in [0.1, 0.15) is 25.7 Å². The van der Waals surface area contributed by atoms with Gasteiger partial charge in [-0.2, -0.15) is 4.31 Å². The topological polar surface area (TPSA) is 75.6 Å². The van der Waals surface area contributed by atoms with Crippen LogP contribution in [-0.4, -0.2) is 67.3 Å². The van der Waals surface area contributed by atoms with Gasteiger partial charge in [0.15, 0.2) is 5.82 Å². The van der Waals surface area contributed by atoms with E-state index in [4.69, 9.17) is 4.74 Å². The average Bonchev–Trinajstić information content (AvgIpc) is 2.88. The number of nitrogens with zero attached hydrogens (tertiary/aromatic N) is 4. The van der Waals surface area contributed by atoms with E-state index in [0.29, 0.717) is 38.5 Å². The zero-order chi connectivity index (χ0) is 17.4. The molecule has 9 heteroatoms. The first-order valence-corrected chi connectivity index (χ1v) is 9.91. The number of aromatic nitrogens is 2. The summed E-state index contributed by atoms with van der Waals surface area (Å²) >= 11 is 0. The maximum absolute atomic E-state index is 13.0. The van der Waals surface area contributed by atoms with Crippen molar-refractivity contribution in [3.63, 3.8) is 0 Å². The fourth-order valence-electron chi connectivity index (χ4n) is 4.08. The van der Waals surface area contributed by atoms with E-state index in [9.17, 15) is 12.8 Å². The van der Waals surface area contributed by atoms with Gasteiger partial charge in [0.25, 0.3) is 0 Å². The zero-order valence-corrected chi connectivity index (χ0v) is 14.8. The molecule has 2 fully saturated rings. The predicted molar refractivity (Wildman–Crippen MR) is 87.7 cm³/mol. The number of halogens is 1. The Morgan fingerprint density at radius 2 is 1.92 bits per heavy atom. The summed E-state index contributed by atoms with van der Waals surface area (Å²) in [5, 5.41) is 0. The largest absolute Gasteiger partial charge is 0.383 e. The van der Waals surface area contributed by atoms with Gasteiger partial charge in [-0.1, -0.05) is 0 Å². The fourth-order valence-corrected chi connectivity index (χ4v) is 5.76. The molecule has 2 aliphatic rings. The maximum Gasteiger partial charge on any atom is 0.225 e. The van der Waals surface area contributed by atoms with Crippen LogP contribution in [0.3, 0.4) is 0 Å². The lowest BCUT2D eigenvalue weighted by atomic mass is 9.86. The highest BCUT2D eigenvalue weighted by Gasteiger charge is 2.52. The van der Waals surface area contributed by atoms with Crippen molar-refractivity contribution in [3.8, 4) is 0 Å². The summed E-state index contributed by atoms with van der Waals surface area (Å²) in [4.78, 5) is 10.0. The Balaban J connectivity index is 1.77. The summed E-state index contributed by atoms with van der Waals surface area (Å²) in [5.41, 5.74) is -0.354. The van der Waals surface area contributed by atoms with Gasteiger partial charge in [0, 0.05) is 31.8 Å². The summed E-state index contributed by atoms with van der Waals surface area (Å²) in [6.45, 7) is 1.72. The first-order valence-electron chi connectivity index (χ1n) is 8.07. The Morgan fingerprint density at radius 3 is 2.46 bits per heavy atom. The van der Waals surface area contributed by atoms with Gasteiger partial charge in [0.1, 0.15) is 0 Å². The Kier molecular flexibility index (Phi) is 4.76. The predicted octanol–water partition coefficient (Wildman–Crippen LogP) is 1.03. The van der Waals surface area contributed by atoms with Gasteiger partial charge in [-0.05, 0) is 25.7 Å². The van der Waals surface area contributed by atoms with E-state index in [1.807, 2.05) is 4.90 Å². The normalized spacial score (nSPS) is 24.6. The minimum Gasteiger partial charge on any atom is -0.383 e. The van der Waals surface area contributed by atoms with Gasteiger partial charge < -0.3 is 9.64 Å². The van der Waals surface area contributed by atoms with Crippen molar-refractivity contribution in [2.45, 2.75) is 37.3 Å². The van der Waals surface area contributed by atoms with Crippen molar-refractivity contribution in [1.29, 1.82) is 0 Å². The van der Waals surface area contributed by atoms with E-state index in [1.165, 1.54) is 6.26 Å². The molecule has 1 aromatic rings. The molecular formula is C15H23FN4O3S. The maximum atomic E-state index is 13.0. The molecule has 0 unspecified atom stereocenters. The third-order valence-electron chi connectivity index (χ3n) is 5.04. The summed E-state index contributed by atoms with van der Waals surface area (Å²) < 4.78 is 44.6. The zero-order valence-electron chi connectivity index (χ0n) is 14.0. The second kappa shape index (κ2) is 6.53. The highest BCUT2D eigenvalue weighted by atomic mass is 32.2. The van der Waals surface area contributed by atoms with Gasteiger partial charge >= 0.3 is 0 Å². The second-order valence-corrected chi connectivity index (χ2v) is 8.48. The van der Waals surface area contributed by atoms with Crippen LogP contribution in [0.5, 0.6) is 0 Å². The number of piperidine rings is 1. The van der Waals surface area contributed by atoms with Gasteiger partial charge in [-0.15, -0.1) is 0 Å². The molecule has 0 aromatic carbocycles. The molecule has 0 saturated carbocycles. The molecule has 0 N–H and O–H groups in total.